The van der Waals surface area contributed by atoms with Gasteiger partial charge >= 0.3 is 0 Å². The Labute approximate surface area is 166 Å². The van der Waals surface area contributed by atoms with E-state index in [4.69, 9.17) is 10.5 Å². The van der Waals surface area contributed by atoms with Gasteiger partial charge in [0.15, 0.2) is 0 Å². The Morgan fingerprint density at radius 3 is 2.63 bits per heavy atom. The molecule has 0 saturated heterocycles. The first kappa shape index (κ1) is 22.2. The Balaban J connectivity index is 2.15. The number of aryl methyl sites for hydroxylation is 1. The minimum Gasteiger partial charge on any atom is -0.508 e. The van der Waals surface area contributed by atoms with Crippen molar-refractivity contribution in [2.75, 3.05) is 32.8 Å². The molecule has 0 aliphatic heterocycles. The van der Waals surface area contributed by atoms with Crippen LogP contribution in [0.3, 0.4) is 0 Å². The molecule has 154 valence electrons. The van der Waals surface area contributed by atoms with E-state index in [1.165, 1.54) is 30.5 Å². The average molecular weight is 377 g/mol. The Bertz CT molecular complexity index is 573. The van der Waals surface area contributed by atoms with E-state index >= 15 is 0 Å². The summed E-state index contributed by atoms with van der Waals surface area (Å²) < 4.78 is 5.70. The van der Waals surface area contributed by atoms with E-state index in [0.717, 1.165) is 44.9 Å². The lowest BCUT2D eigenvalue weighted by Gasteiger charge is -2.36. The first-order chi connectivity index (χ1) is 12.9. The van der Waals surface area contributed by atoms with Crippen LogP contribution < -0.4 is 5.73 Å². The van der Waals surface area contributed by atoms with Gasteiger partial charge in [0.2, 0.25) is 0 Å². The number of phenols is 1. The number of nitrogens with two attached hydrogens (primary N) is 1. The quantitative estimate of drug-likeness (QED) is 0.544. The molecule has 2 rings (SSSR count). The van der Waals surface area contributed by atoms with Crippen LogP contribution in [0.5, 0.6) is 5.75 Å². The minimum atomic E-state index is -0.0219. The van der Waals surface area contributed by atoms with E-state index < -0.39 is 0 Å². The molecule has 1 aliphatic rings. The van der Waals surface area contributed by atoms with Crippen molar-refractivity contribution in [1.29, 1.82) is 0 Å². The van der Waals surface area contributed by atoms with Crippen molar-refractivity contribution in [2.45, 2.75) is 71.3 Å². The van der Waals surface area contributed by atoms with Crippen molar-refractivity contribution >= 4 is 0 Å². The molecule has 0 heterocycles. The Kier molecular flexibility index (Phi) is 8.59. The fourth-order valence-electron chi connectivity index (χ4n) is 4.06. The van der Waals surface area contributed by atoms with Crippen molar-refractivity contribution < 1.29 is 9.84 Å². The van der Waals surface area contributed by atoms with Crippen LogP contribution in [-0.4, -0.2) is 48.9 Å². The summed E-state index contributed by atoms with van der Waals surface area (Å²) in [6.45, 7) is 13.3. The van der Waals surface area contributed by atoms with Crippen LogP contribution in [-0.2, 0) is 16.6 Å². The van der Waals surface area contributed by atoms with E-state index in [-0.39, 0.29) is 5.41 Å². The minimum absolute atomic E-state index is 0.0219. The van der Waals surface area contributed by atoms with Crippen LogP contribution in [0, 0.1) is 5.92 Å². The van der Waals surface area contributed by atoms with E-state index in [1.807, 2.05) is 6.07 Å². The van der Waals surface area contributed by atoms with Crippen LogP contribution in [0.4, 0.5) is 0 Å². The number of rotatable bonds is 13. The highest BCUT2D eigenvalue weighted by Gasteiger charge is 2.32. The van der Waals surface area contributed by atoms with Crippen molar-refractivity contribution in [3.05, 3.63) is 29.3 Å². The van der Waals surface area contributed by atoms with Gasteiger partial charge in [-0.05, 0) is 93.6 Å². The van der Waals surface area contributed by atoms with Gasteiger partial charge in [0, 0.05) is 19.2 Å². The first-order valence-electron chi connectivity index (χ1n) is 10.8. The summed E-state index contributed by atoms with van der Waals surface area (Å²) in [6, 6.07) is 6.26. The van der Waals surface area contributed by atoms with Crippen molar-refractivity contribution in [2.24, 2.45) is 11.7 Å². The van der Waals surface area contributed by atoms with Crippen LogP contribution in [0.1, 0.15) is 64.5 Å². The van der Waals surface area contributed by atoms with E-state index in [0.29, 0.717) is 18.3 Å². The van der Waals surface area contributed by atoms with E-state index in [2.05, 4.69) is 38.7 Å². The van der Waals surface area contributed by atoms with E-state index in [9.17, 15) is 5.11 Å². The summed E-state index contributed by atoms with van der Waals surface area (Å²) in [4.78, 5) is 2.61. The van der Waals surface area contributed by atoms with Gasteiger partial charge in [0.1, 0.15) is 5.75 Å². The van der Waals surface area contributed by atoms with Crippen LogP contribution in [0.25, 0.3) is 0 Å². The molecule has 1 fully saturated rings. The largest absolute Gasteiger partial charge is 0.508 e. The predicted molar refractivity (Wildman–Crippen MR) is 113 cm³/mol. The molecule has 27 heavy (non-hydrogen) atoms. The molecular formula is C23H40N2O2. The molecule has 1 aromatic carbocycles. The molecule has 4 nitrogen and oxygen atoms in total. The Morgan fingerprint density at radius 2 is 2.04 bits per heavy atom. The average Bonchev–Trinajstić information content (AvgIpc) is 3.47. The number of phenolic OH excluding ortho intramolecular Hbond substituents is 1. The topological polar surface area (TPSA) is 58.7 Å². The molecule has 0 bridgehead atoms. The predicted octanol–water partition coefficient (Wildman–Crippen LogP) is 4.09. The lowest BCUT2D eigenvalue weighted by molar-refractivity contribution is 0.0667. The van der Waals surface area contributed by atoms with Crippen molar-refractivity contribution in [3.63, 3.8) is 0 Å². The lowest BCUT2D eigenvalue weighted by atomic mass is 9.74. The Morgan fingerprint density at radius 1 is 1.30 bits per heavy atom. The number of hydrogen-bond donors (Lipinski definition) is 2. The SMILES string of the molecule is CCOCC(C)N(CCC(C)(CCN)c1cc(O)ccc1CC)CC1CC1. The third kappa shape index (κ3) is 6.48. The molecule has 0 radical (unpaired) electrons. The molecule has 2 unspecified atom stereocenters. The summed E-state index contributed by atoms with van der Waals surface area (Å²) >= 11 is 0. The maximum Gasteiger partial charge on any atom is 0.115 e. The molecule has 3 N–H and O–H groups in total. The molecule has 0 aromatic heterocycles. The highest BCUT2D eigenvalue weighted by Crippen LogP contribution is 2.37. The van der Waals surface area contributed by atoms with Crippen molar-refractivity contribution in [3.8, 4) is 5.75 Å². The summed E-state index contributed by atoms with van der Waals surface area (Å²) in [6.07, 6.45) is 5.68. The molecule has 1 aliphatic carbocycles. The molecular weight excluding hydrogens is 336 g/mol. The number of benzene rings is 1. The fraction of sp³-hybridized carbons (Fsp3) is 0.739. The van der Waals surface area contributed by atoms with Gasteiger partial charge in [-0.25, -0.2) is 0 Å². The molecule has 1 saturated carbocycles. The maximum absolute atomic E-state index is 10.1. The van der Waals surface area contributed by atoms with Gasteiger partial charge in [-0.15, -0.1) is 0 Å². The second kappa shape index (κ2) is 10.4. The first-order valence-corrected chi connectivity index (χ1v) is 10.8. The monoisotopic (exact) mass is 376 g/mol. The van der Waals surface area contributed by atoms with Gasteiger partial charge in [0.25, 0.3) is 0 Å². The number of ether oxygens (including phenoxy) is 1. The third-order valence-corrected chi connectivity index (χ3v) is 6.15. The van der Waals surface area contributed by atoms with Crippen LogP contribution >= 0.6 is 0 Å². The summed E-state index contributed by atoms with van der Waals surface area (Å²) in [5, 5.41) is 10.1. The van der Waals surface area contributed by atoms with Gasteiger partial charge in [-0.1, -0.05) is 19.9 Å². The van der Waals surface area contributed by atoms with Gasteiger partial charge in [-0.3, -0.25) is 4.90 Å². The second-order valence-electron chi connectivity index (χ2n) is 8.49. The molecule has 4 heteroatoms. The smallest absolute Gasteiger partial charge is 0.115 e. The second-order valence-corrected chi connectivity index (χ2v) is 8.49. The number of nitrogens with zero attached hydrogens (tertiary/aromatic N) is 1. The van der Waals surface area contributed by atoms with Crippen molar-refractivity contribution in [1.82, 2.24) is 4.90 Å². The zero-order valence-corrected chi connectivity index (χ0v) is 17.8. The third-order valence-electron chi connectivity index (χ3n) is 6.15. The van der Waals surface area contributed by atoms with E-state index in [1.54, 1.807) is 6.07 Å². The number of aromatic hydroxyl groups is 1. The summed E-state index contributed by atoms with van der Waals surface area (Å²) in [7, 11) is 0. The standard InChI is InChI=1S/C23H40N2O2/c1-5-20-9-10-21(26)15-22(20)23(4,11-13-24)12-14-25(16-19-7-8-19)18(3)17-27-6-2/h9-10,15,18-19,26H,5-8,11-14,16-17,24H2,1-4H3. The van der Waals surface area contributed by atoms with Gasteiger partial charge < -0.3 is 15.6 Å². The maximum atomic E-state index is 10.1. The lowest BCUT2D eigenvalue weighted by Crippen LogP contribution is -2.41. The summed E-state index contributed by atoms with van der Waals surface area (Å²) in [5.74, 6) is 1.21. The molecule has 0 amide bonds. The fourth-order valence-corrected chi connectivity index (χ4v) is 4.06. The highest BCUT2D eigenvalue weighted by molar-refractivity contribution is 5.40. The van der Waals surface area contributed by atoms with Crippen LogP contribution in [0.2, 0.25) is 0 Å². The highest BCUT2D eigenvalue weighted by atomic mass is 16.5. The molecule has 1 aromatic rings. The zero-order valence-electron chi connectivity index (χ0n) is 17.8. The number of hydrogen-bond acceptors (Lipinski definition) is 4. The Hall–Kier alpha value is -1.10. The molecule has 2 atom stereocenters. The van der Waals surface area contributed by atoms with Gasteiger partial charge in [-0.2, -0.15) is 0 Å². The molecule has 0 spiro atoms. The van der Waals surface area contributed by atoms with Crippen LogP contribution in [0.15, 0.2) is 18.2 Å². The normalized spacial score (nSPS) is 17.9. The summed E-state index contributed by atoms with van der Waals surface area (Å²) in [5.41, 5.74) is 8.57. The zero-order chi connectivity index (χ0) is 19.9. The van der Waals surface area contributed by atoms with Gasteiger partial charge in [0.05, 0.1) is 6.61 Å².